The van der Waals surface area contributed by atoms with Gasteiger partial charge in [-0.25, -0.2) is 23.4 Å². The SMILES string of the molecule is Cc1nc(S(=O)(=O)N2CCN(c3ccc4ncncc4c3)CC2)cn1C. The normalized spacial score (nSPS) is 16.3. The highest BCUT2D eigenvalue weighted by Gasteiger charge is 2.30. The fourth-order valence-corrected chi connectivity index (χ4v) is 4.59. The zero-order valence-corrected chi connectivity index (χ0v) is 15.5. The van der Waals surface area contributed by atoms with Gasteiger partial charge in [-0.15, -0.1) is 0 Å². The second kappa shape index (κ2) is 6.33. The van der Waals surface area contributed by atoms with Crippen LogP contribution in [0.15, 0.2) is 41.9 Å². The van der Waals surface area contributed by atoms with Crippen molar-refractivity contribution in [3.8, 4) is 0 Å². The summed E-state index contributed by atoms with van der Waals surface area (Å²) < 4.78 is 28.8. The van der Waals surface area contributed by atoms with Crippen LogP contribution < -0.4 is 4.90 Å². The van der Waals surface area contributed by atoms with Crippen LogP contribution in [-0.2, 0) is 17.1 Å². The molecule has 4 rings (SSSR count). The Morgan fingerprint density at radius 3 is 2.58 bits per heavy atom. The van der Waals surface area contributed by atoms with Crippen molar-refractivity contribution in [2.24, 2.45) is 7.05 Å². The van der Waals surface area contributed by atoms with Crippen molar-refractivity contribution >= 4 is 26.6 Å². The van der Waals surface area contributed by atoms with Gasteiger partial charge in [-0.1, -0.05) is 0 Å². The predicted molar refractivity (Wildman–Crippen MR) is 98.5 cm³/mol. The molecule has 0 spiro atoms. The molecule has 1 saturated heterocycles. The van der Waals surface area contributed by atoms with Crippen molar-refractivity contribution in [2.75, 3.05) is 31.1 Å². The number of sulfonamides is 1. The molecule has 0 radical (unpaired) electrons. The van der Waals surface area contributed by atoms with Crippen LogP contribution in [0.3, 0.4) is 0 Å². The van der Waals surface area contributed by atoms with E-state index in [4.69, 9.17) is 0 Å². The van der Waals surface area contributed by atoms with Gasteiger partial charge in [0.1, 0.15) is 12.2 Å². The third-order valence-electron chi connectivity index (χ3n) is 4.78. The molecule has 3 aromatic rings. The summed E-state index contributed by atoms with van der Waals surface area (Å²) in [5.41, 5.74) is 1.95. The molecule has 0 aliphatic carbocycles. The van der Waals surface area contributed by atoms with Crippen molar-refractivity contribution in [3.05, 3.63) is 42.7 Å². The Morgan fingerprint density at radius 2 is 1.88 bits per heavy atom. The van der Waals surface area contributed by atoms with Gasteiger partial charge in [0.15, 0.2) is 5.03 Å². The summed E-state index contributed by atoms with van der Waals surface area (Å²) in [4.78, 5) is 14.6. The average molecular weight is 372 g/mol. The monoisotopic (exact) mass is 372 g/mol. The number of aromatic nitrogens is 4. The molecule has 1 aliphatic rings. The highest BCUT2D eigenvalue weighted by molar-refractivity contribution is 7.89. The first kappa shape index (κ1) is 16.9. The molecule has 0 saturated carbocycles. The number of hydrogen-bond acceptors (Lipinski definition) is 6. The number of piperazine rings is 1. The largest absolute Gasteiger partial charge is 0.369 e. The summed E-state index contributed by atoms with van der Waals surface area (Å²) in [6.45, 7) is 3.91. The summed E-state index contributed by atoms with van der Waals surface area (Å²) in [5, 5.41) is 1.10. The number of anilines is 1. The molecule has 0 atom stereocenters. The number of rotatable bonds is 3. The minimum atomic E-state index is -3.55. The highest BCUT2D eigenvalue weighted by Crippen LogP contribution is 2.23. The van der Waals surface area contributed by atoms with Crippen molar-refractivity contribution in [1.82, 2.24) is 23.8 Å². The third kappa shape index (κ3) is 2.93. The molecule has 8 nitrogen and oxygen atoms in total. The average Bonchev–Trinajstić information content (AvgIpc) is 3.01. The van der Waals surface area contributed by atoms with Gasteiger partial charge in [0.05, 0.1) is 5.52 Å². The Hall–Kier alpha value is -2.52. The van der Waals surface area contributed by atoms with Crippen LogP contribution in [0.25, 0.3) is 10.9 Å². The lowest BCUT2D eigenvalue weighted by molar-refractivity contribution is 0.383. The minimum Gasteiger partial charge on any atom is -0.369 e. The molecular formula is C17H20N6O2S. The maximum Gasteiger partial charge on any atom is 0.262 e. The van der Waals surface area contributed by atoms with E-state index in [1.807, 2.05) is 18.2 Å². The van der Waals surface area contributed by atoms with E-state index < -0.39 is 10.0 Å². The van der Waals surface area contributed by atoms with Gasteiger partial charge in [0.25, 0.3) is 10.0 Å². The van der Waals surface area contributed by atoms with Crippen molar-refractivity contribution in [1.29, 1.82) is 0 Å². The quantitative estimate of drug-likeness (QED) is 0.686. The first-order valence-electron chi connectivity index (χ1n) is 8.40. The fraction of sp³-hybridized carbons (Fsp3) is 0.353. The van der Waals surface area contributed by atoms with Gasteiger partial charge < -0.3 is 9.47 Å². The lowest BCUT2D eigenvalue weighted by Crippen LogP contribution is -2.48. The Labute approximate surface area is 152 Å². The third-order valence-corrected chi connectivity index (χ3v) is 6.55. The molecular weight excluding hydrogens is 352 g/mol. The predicted octanol–water partition coefficient (Wildman–Crippen LogP) is 1.18. The van der Waals surface area contributed by atoms with Gasteiger partial charge in [-0.05, 0) is 25.1 Å². The standard InChI is InChI=1S/C17H20N6O2S/c1-13-20-17(11-21(13)2)26(24,25)23-7-5-22(6-8-23)15-3-4-16-14(9-15)10-18-12-19-16/h3-4,9-12H,5-8H2,1-2H3. The van der Waals surface area contributed by atoms with E-state index >= 15 is 0 Å². The van der Waals surface area contributed by atoms with Gasteiger partial charge in [0, 0.05) is 56.7 Å². The molecule has 136 valence electrons. The van der Waals surface area contributed by atoms with Crippen LogP contribution in [0.1, 0.15) is 5.82 Å². The summed E-state index contributed by atoms with van der Waals surface area (Å²) in [7, 11) is -1.75. The van der Waals surface area contributed by atoms with Crippen molar-refractivity contribution in [3.63, 3.8) is 0 Å². The minimum absolute atomic E-state index is 0.119. The van der Waals surface area contributed by atoms with Gasteiger partial charge in [-0.3, -0.25) is 0 Å². The second-order valence-corrected chi connectivity index (χ2v) is 8.28. The number of hydrogen-bond donors (Lipinski definition) is 0. The molecule has 1 aromatic carbocycles. The van der Waals surface area contributed by atoms with Crippen LogP contribution in [0.5, 0.6) is 0 Å². The Kier molecular flexibility index (Phi) is 4.12. The lowest BCUT2D eigenvalue weighted by Gasteiger charge is -2.35. The number of benzene rings is 1. The molecule has 0 unspecified atom stereocenters. The zero-order chi connectivity index (χ0) is 18.3. The Bertz CT molecular complexity index is 1030. The topological polar surface area (TPSA) is 84.2 Å². The van der Waals surface area contributed by atoms with Gasteiger partial charge >= 0.3 is 0 Å². The lowest BCUT2D eigenvalue weighted by atomic mass is 10.2. The van der Waals surface area contributed by atoms with Crippen molar-refractivity contribution < 1.29 is 8.42 Å². The van der Waals surface area contributed by atoms with Crippen LogP contribution in [0, 0.1) is 6.92 Å². The van der Waals surface area contributed by atoms with Gasteiger partial charge in [0.2, 0.25) is 0 Å². The maximum absolute atomic E-state index is 12.8. The fourth-order valence-electron chi connectivity index (χ4n) is 3.14. The zero-order valence-electron chi connectivity index (χ0n) is 14.7. The van der Waals surface area contributed by atoms with E-state index in [-0.39, 0.29) is 5.03 Å². The molecule has 0 amide bonds. The Morgan fingerprint density at radius 1 is 1.12 bits per heavy atom. The van der Waals surface area contributed by atoms with Crippen LogP contribution in [-0.4, -0.2) is 58.4 Å². The van der Waals surface area contributed by atoms with Crippen LogP contribution >= 0.6 is 0 Å². The van der Waals surface area contributed by atoms with Crippen LogP contribution in [0.2, 0.25) is 0 Å². The summed E-state index contributed by atoms with van der Waals surface area (Å²) >= 11 is 0. The number of imidazole rings is 1. The van der Waals surface area contributed by atoms with E-state index in [1.165, 1.54) is 10.6 Å². The molecule has 3 heterocycles. The van der Waals surface area contributed by atoms with E-state index in [2.05, 4.69) is 19.9 Å². The van der Waals surface area contributed by atoms with Crippen LogP contribution in [0.4, 0.5) is 5.69 Å². The summed E-state index contributed by atoms with van der Waals surface area (Å²) in [6.07, 6.45) is 4.89. The number of aryl methyl sites for hydroxylation is 2. The molecule has 1 aliphatic heterocycles. The second-order valence-electron chi connectivity index (χ2n) is 6.39. The van der Waals surface area contributed by atoms with E-state index in [9.17, 15) is 8.42 Å². The van der Waals surface area contributed by atoms with Crippen molar-refractivity contribution in [2.45, 2.75) is 11.9 Å². The molecule has 2 aromatic heterocycles. The first-order valence-corrected chi connectivity index (χ1v) is 9.84. The van der Waals surface area contributed by atoms with E-state index in [0.717, 1.165) is 16.6 Å². The number of fused-ring (bicyclic) bond motifs is 1. The molecule has 1 fully saturated rings. The van der Waals surface area contributed by atoms with Gasteiger partial charge in [-0.2, -0.15) is 4.31 Å². The molecule has 26 heavy (non-hydrogen) atoms. The maximum atomic E-state index is 12.8. The molecule has 9 heteroatoms. The number of nitrogens with zero attached hydrogens (tertiary/aromatic N) is 6. The first-order chi connectivity index (χ1) is 12.4. The van der Waals surface area contributed by atoms with E-state index in [1.54, 1.807) is 30.9 Å². The molecule has 0 N–H and O–H groups in total. The smallest absolute Gasteiger partial charge is 0.262 e. The summed E-state index contributed by atoms with van der Waals surface area (Å²) in [6, 6.07) is 6.02. The summed E-state index contributed by atoms with van der Waals surface area (Å²) in [5.74, 6) is 0.681. The highest BCUT2D eigenvalue weighted by atomic mass is 32.2. The molecule has 0 bridgehead atoms. The Balaban J connectivity index is 1.51. The van der Waals surface area contributed by atoms with E-state index in [0.29, 0.717) is 32.0 Å².